The van der Waals surface area contributed by atoms with Gasteiger partial charge in [-0.05, 0) is 32.6 Å². The molecule has 0 aromatic carbocycles. The second-order valence-corrected chi connectivity index (χ2v) is 7.47. The molecule has 0 radical (unpaired) electrons. The highest BCUT2D eigenvalue weighted by molar-refractivity contribution is 7.86. The first-order valence-electron chi connectivity index (χ1n) is 6.47. The van der Waals surface area contributed by atoms with Crippen LogP contribution in [0.4, 0.5) is 13.2 Å². The van der Waals surface area contributed by atoms with Crippen LogP contribution in [0, 0.1) is 5.92 Å². The molecule has 120 valence electrons. The Morgan fingerprint density at radius 1 is 1.40 bits per heavy atom. The number of alkyl halides is 4. The lowest BCUT2D eigenvalue weighted by Crippen LogP contribution is -2.52. The fourth-order valence-corrected chi connectivity index (χ4v) is 4.37. The van der Waals surface area contributed by atoms with E-state index in [9.17, 15) is 21.6 Å². The summed E-state index contributed by atoms with van der Waals surface area (Å²) < 4.78 is 64.1. The van der Waals surface area contributed by atoms with Crippen LogP contribution in [0.5, 0.6) is 0 Å². The van der Waals surface area contributed by atoms with Crippen molar-refractivity contribution in [1.29, 1.82) is 0 Å². The molecule has 0 bridgehead atoms. The van der Waals surface area contributed by atoms with Crippen molar-refractivity contribution < 1.29 is 21.6 Å². The molecular weight excluding hydrogens is 317 g/mol. The molecule has 0 saturated carbocycles. The summed E-state index contributed by atoms with van der Waals surface area (Å²) in [5.74, 6) is 0.313. The van der Waals surface area contributed by atoms with Crippen LogP contribution in [-0.2, 0) is 10.2 Å². The van der Waals surface area contributed by atoms with Gasteiger partial charge >= 0.3 is 6.18 Å². The summed E-state index contributed by atoms with van der Waals surface area (Å²) in [5, 5.41) is 0. The number of nitrogens with zero attached hydrogens (tertiary/aromatic N) is 2. The van der Waals surface area contributed by atoms with Crippen LogP contribution >= 0.6 is 11.6 Å². The van der Waals surface area contributed by atoms with Gasteiger partial charge in [-0.3, -0.25) is 0 Å². The highest BCUT2D eigenvalue weighted by Gasteiger charge is 2.41. The van der Waals surface area contributed by atoms with E-state index in [2.05, 4.69) is 0 Å². The minimum atomic E-state index is -4.56. The maximum Gasteiger partial charge on any atom is 0.402 e. The van der Waals surface area contributed by atoms with Gasteiger partial charge in [0.25, 0.3) is 10.2 Å². The van der Waals surface area contributed by atoms with E-state index in [0.717, 1.165) is 10.7 Å². The second kappa shape index (κ2) is 6.81. The van der Waals surface area contributed by atoms with Crippen LogP contribution in [0.2, 0.25) is 0 Å². The lowest BCUT2D eigenvalue weighted by molar-refractivity contribution is -0.139. The number of piperidine rings is 1. The first-order valence-corrected chi connectivity index (χ1v) is 8.40. The van der Waals surface area contributed by atoms with E-state index in [1.807, 2.05) is 0 Å². The van der Waals surface area contributed by atoms with E-state index in [1.54, 1.807) is 0 Å². The molecule has 1 heterocycles. The molecule has 1 fully saturated rings. The van der Waals surface area contributed by atoms with Crippen LogP contribution in [0.25, 0.3) is 0 Å². The van der Waals surface area contributed by atoms with Gasteiger partial charge in [0.2, 0.25) is 0 Å². The molecule has 0 aromatic rings. The molecule has 1 atom stereocenters. The Kier molecular flexibility index (Phi) is 6.13. The molecular formula is C11H20ClF3N2O2S. The molecule has 1 aliphatic heterocycles. The molecule has 0 amide bonds. The summed E-state index contributed by atoms with van der Waals surface area (Å²) in [5.41, 5.74) is 0. The molecule has 20 heavy (non-hydrogen) atoms. The minimum absolute atomic E-state index is 0.0000839. The van der Waals surface area contributed by atoms with Crippen molar-refractivity contribution in [1.82, 2.24) is 8.61 Å². The number of hydrogen-bond acceptors (Lipinski definition) is 2. The van der Waals surface area contributed by atoms with Crippen molar-refractivity contribution in [2.45, 2.75) is 38.9 Å². The van der Waals surface area contributed by atoms with Gasteiger partial charge in [0, 0.05) is 25.0 Å². The summed E-state index contributed by atoms with van der Waals surface area (Å²) >= 11 is 5.73. The third-order valence-electron chi connectivity index (χ3n) is 3.23. The summed E-state index contributed by atoms with van der Waals surface area (Å²) in [7, 11) is -4.11. The lowest BCUT2D eigenvalue weighted by atomic mass is 10.0. The van der Waals surface area contributed by atoms with E-state index in [1.165, 1.54) is 13.8 Å². The quantitative estimate of drug-likeness (QED) is 0.724. The average molecular weight is 337 g/mol. The predicted octanol–water partition coefficient (Wildman–Crippen LogP) is 2.45. The first kappa shape index (κ1) is 18.0. The van der Waals surface area contributed by atoms with Gasteiger partial charge in [-0.15, -0.1) is 11.6 Å². The van der Waals surface area contributed by atoms with E-state index in [4.69, 9.17) is 11.6 Å². The summed E-state index contributed by atoms with van der Waals surface area (Å²) in [6, 6.07) is -0.752. The molecule has 1 saturated heterocycles. The van der Waals surface area contributed by atoms with Crippen LogP contribution in [0.15, 0.2) is 0 Å². The molecule has 1 aliphatic rings. The van der Waals surface area contributed by atoms with Gasteiger partial charge in [-0.25, -0.2) is 0 Å². The molecule has 0 aromatic heterocycles. The van der Waals surface area contributed by atoms with E-state index in [-0.39, 0.29) is 19.0 Å². The van der Waals surface area contributed by atoms with E-state index in [0.29, 0.717) is 16.6 Å². The van der Waals surface area contributed by atoms with Crippen molar-refractivity contribution in [3.8, 4) is 0 Å². The fourth-order valence-electron chi connectivity index (χ4n) is 2.22. The predicted molar refractivity (Wildman–Crippen MR) is 71.8 cm³/mol. The van der Waals surface area contributed by atoms with E-state index < -0.39 is 29.0 Å². The van der Waals surface area contributed by atoms with Crippen molar-refractivity contribution in [3.63, 3.8) is 0 Å². The molecule has 0 N–H and O–H groups in total. The van der Waals surface area contributed by atoms with Crippen molar-refractivity contribution in [2.24, 2.45) is 5.92 Å². The van der Waals surface area contributed by atoms with Gasteiger partial charge in [-0.2, -0.15) is 30.2 Å². The smallest absolute Gasteiger partial charge is 0.195 e. The van der Waals surface area contributed by atoms with Crippen LogP contribution in [-0.4, -0.2) is 54.8 Å². The highest BCUT2D eigenvalue weighted by atomic mass is 35.5. The third kappa shape index (κ3) is 4.75. The Hall–Kier alpha value is -0.0500. The zero-order valence-electron chi connectivity index (χ0n) is 11.5. The van der Waals surface area contributed by atoms with Crippen LogP contribution in [0.3, 0.4) is 0 Å². The first-order chi connectivity index (χ1) is 9.08. The topological polar surface area (TPSA) is 40.6 Å². The van der Waals surface area contributed by atoms with Crippen molar-refractivity contribution in [2.75, 3.05) is 25.5 Å². The number of halogens is 4. The fraction of sp³-hybridized carbons (Fsp3) is 1.00. The molecule has 1 unspecified atom stereocenters. The SMILES string of the molecule is CC(C)N(CC(F)(F)F)S(=O)(=O)N1CCCC(CCl)C1. The molecule has 4 nitrogen and oxygen atoms in total. The standard InChI is InChI=1S/C11H20ClF3N2O2S/c1-9(2)17(8-11(13,14)15)20(18,19)16-5-3-4-10(6-12)7-16/h9-10H,3-8H2,1-2H3. The van der Waals surface area contributed by atoms with Gasteiger partial charge in [-0.1, -0.05) is 0 Å². The maximum atomic E-state index is 12.6. The van der Waals surface area contributed by atoms with Gasteiger partial charge in [0.1, 0.15) is 6.54 Å². The zero-order chi connectivity index (χ0) is 15.6. The van der Waals surface area contributed by atoms with Crippen molar-refractivity contribution >= 4 is 21.8 Å². The Morgan fingerprint density at radius 2 is 2.00 bits per heavy atom. The Labute approximate surface area is 123 Å². The largest absolute Gasteiger partial charge is 0.402 e. The summed E-state index contributed by atoms with van der Waals surface area (Å²) in [4.78, 5) is 0. The number of rotatable bonds is 5. The normalized spacial score (nSPS) is 22.7. The summed E-state index contributed by atoms with van der Waals surface area (Å²) in [6.07, 6.45) is -3.13. The Balaban J connectivity index is 2.92. The number of hydrogen-bond donors (Lipinski definition) is 0. The molecule has 1 rings (SSSR count). The van der Waals surface area contributed by atoms with Gasteiger partial charge in [0.05, 0.1) is 0 Å². The monoisotopic (exact) mass is 336 g/mol. The van der Waals surface area contributed by atoms with Crippen LogP contribution in [0.1, 0.15) is 26.7 Å². The lowest BCUT2D eigenvalue weighted by Gasteiger charge is -2.36. The minimum Gasteiger partial charge on any atom is -0.195 e. The molecule has 0 spiro atoms. The Morgan fingerprint density at radius 3 is 2.45 bits per heavy atom. The highest BCUT2D eigenvalue weighted by Crippen LogP contribution is 2.26. The summed E-state index contributed by atoms with van der Waals surface area (Å²) in [6.45, 7) is 1.84. The molecule has 0 aliphatic carbocycles. The average Bonchev–Trinajstić information content (AvgIpc) is 2.34. The zero-order valence-corrected chi connectivity index (χ0v) is 13.1. The second-order valence-electron chi connectivity index (χ2n) is 5.28. The van der Waals surface area contributed by atoms with Crippen molar-refractivity contribution in [3.05, 3.63) is 0 Å². The molecule has 9 heteroatoms. The van der Waals surface area contributed by atoms with Gasteiger partial charge < -0.3 is 0 Å². The maximum absolute atomic E-state index is 12.6. The van der Waals surface area contributed by atoms with E-state index >= 15 is 0 Å². The van der Waals surface area contributed by atoms with Crippen LogP contribution < -0.4 is 0 Å². The third-order valence-corrected chi connectivity index (χ3v) is 5.80. The van der Waals surface area contributed by atoms with Gasteiger partial charge in [0.15, 0.2) is 0 Å². The Bertz CT molecular complexity index is 414.